The van der Waals surface area contributed by atoms with Crippen molar-refractivity contribution in [2.24, 2.45) is 0 Å². The van der Waals surface area contributed by atoms with Crippen molar-refractivity contribution in [2.75, 3.05) is 46.5 Å². The van der Waals surface area contributed by atoms with Crippen molar-refractivity contribution in [1.29, 1.82) is 0 Å². The molecule has 0 radical (unpaired) electrons. The largest absolute Gasteiger partial charge is 0.374 e. The summed E-state index contributed by atoms with van der Waals surface area (Å²) in [4.78, 5) is 1.96. The number of nitrogens with one attached hydrogen (secondary N) is 1. The zero-order valence-corrected chi connectivity index (χ0v) is 7.55. The maximum Gasteiger partial charge on any atom is 0.102 e. The summed E-state index contributed by atoms with van der Waals surface area (Å²) >= 11 is 0. The third-order valence-corrected chi connectivity index (χ3v) is 1.99. The Morgan fingerprint density at radius 2 is 2.50 bits per heavy atom. The molecule has 1 saturated heterocycles. The van der Waals surface area contributed by atoms with E-state index in [-0.39, 0.29) is 12.8 Å². The van der Waals surface area contributed by atoms with Gasteiger partial charge in [-0.15, -0.1) is 0 Å². The van der Waals surface area contributed by atoms with Gasteiger partial charge in [0.15, 0.2) is 0 Å². The van der Waals surface area contributed by atoms with Crippen LogP contribution in [0.2, 0.25) is 0 Å². The first kappa shape index (κ1) is 9.89. The summed E-state index contributed by atoms with van der Waals surface area (Å²) < 4.78 is 17.4. The molecule has 72 valence electrons. The first-order chi connectivity index (χ1) is 5.83. The summed E-state index contributed by atoms with van der Waals surface area (Å²) in [6, 6.07) is 0. The standard InChI is InChI=1S/C8H17FN2O/c1-11(4-2-9)7-8-6-10-3-5-12-8/h8,10H,2-7H2,1H3. The smallest absolute Gasteiger partial charge is 0.102 e. The Kier molecular flexibility index (Phi) is 4.50. The van der Waals surface area contributed by atoms with Crippen LogP contribution in [0.15, 0.2) is 0 Å². The lowest BCUT2D eigenvalue weighted by Gasteiger charge is -2.27. The van der Waals surface area contributed by atoms with E-state index < -0.39 is 0 Å². The number of morpholine rings is 1. The van der Waals surface area contributed by atoms with Crippen molar-refractivity contribution in [3.63, 3.8) is 0 Å². The van der Waals surface area contributed by atoms with Crippen LogP contribution in [-0.4, -0.2) is 57.5 Å². The zero-order valence-electron chi connectivity index (χ0n) is 7.55. The molecule has 1 fully saturated rings. The molecular weight excluding hydrogens is 159 g/mol. The van der Waals surface area contributed by atoms with E-state index in [9.17, 15) is 4.39 Å². The highest BCUT2D eigenvalue weighted by Crippen LogP contribution is 1.98. The lowest BCUT2D eigenvalue weighted by Crippen LogP contribution is -2.44. The Labute approximate surface area is 72.9 Å². The molecule has 0 spiro atoms. The van der Waals surface area contributed by atoms with Gasteiger partial charge in [-0.25, -0.2) is 4.39 Å². The summed E-state index contributed by atoms with van der Waals surface area (Å²) in [7, 11) is 1.91. The summed E-state index contributed by atoms with van der Waals surface area (Å²) in [5.41, 5.74) is 0. The number of alkyl halides is 1. The molecule has 4 heteroatoms. The van der Waals surface area contributed by atoms with E-state index in [2.05, 4.69) is 5.32 Å². The molecule has 1 aliphatic heterocycles. The van der Waals surface area contributed by atoms with E-state index in [0.29, 0.717) is 6.54 Å². The SMILES string of the molecule is CN(CCF)CC1CNCCO1. The third-order valence-electron chi connectivity index (χ3n) is 1.99. The van der Waals surface area contributed by atoms with Gasteiger partial charge in [0.1, 0.15) is 6.67 Å². The minimum Gasteiger partial charge on any atom is -0.374 e. The molecule has 1 N–H and O–H groups in total. The maximum atomic E-state index is 11.9. The van der Waals surface area contributed by atoms with E-state index >= 15 is 0 Å². The molecular formula is C8H17FN2O. The molecule has 1 unspecified atom stereocenters. The summed E-state index contributed by atoms with van der Waals surface area (Å²) in [6.07, 6.45) is 0.232. The average Bonchev–Trinajstić information content (AvgIpc) is 2.06. The Bertz CT molecular complexity index is 118. The zero-order chi connectivity index (χ0) is 8.81. The Balaban J connectivity index is 2.11. The Morgan fingerprint density at radius 1 is 1.67 bits per heavy atom. The van der Waals surface area contributed by atoms with Crippen molar-refractivity contribution in [3.8, 4) is 0 Å². The Morgan fingerprint density at radius 3 is 3.08 bits per heavy atom. The number of halogens is 1. The summed E-state index contributed by atoms with van der Waals surface area (Å²) in [5, 5.41) is 3.24. The molecule has 0 bridgehead atoms. The fourth-order valence-corrected chi connectivity index (χ4v) is 1.32. The van der Waals surface area contributed by atoms with Gasteiger partial charge < -0.3 is 15.0 Å². The van der Waals surface area contributed by atoms with Crippen molar-refractivity contribution in [2.45, 2.75) is 6.10 Å². The predicted molar refractivity (Wildman–Crippen MR) is 46.1 cm³/mol. The summed E-state index contributed by atoms with van der Waals surface area (Å²) in [5.74, 6) is 0. The molecule has 1 atom stereocenters. The van der Waals surface area contributed by atoms with Crippen molar-refractivity contribution in [3.05, 3.63) is 0 Å². The minimum absolute atomic E-state index is 0.232. The monoisotopic (exact) mass is 176 g/mol. The van der Waals surface area contributed by atoms with Crippen molar-refractivity contribution >= 4 is 0 Å². The summed E-state index contributed by atoms with van der Waals surface area (Å²) in [6.45, 7) is 3.63. The van der Waals surface area contributed by atoms with Gasteiger partial charge in [-0.05, 0) is 7.05 Å². The van der Waals surface area contributed by atoms with Crippen LogP contribution in [0.1, 0.15) is 0 Å². The number of likely N-dealkylation sites (N-methyl/N-ethyl adjacent to an activating group) is 1. The predicted octanol–water partition coefficient (Wildman–Crippen LogP) is -0.124. The fourth-order valence-electron chi connectivity index (χ4n) is 1.32. The lowest BCUT2D eigenvalue weighted by molar-refractivity contribution is 0.00940. The van der Waals surface area contributed by atoms with Crippen LogP contribution < -0.4 is 5.32 Å². The van der Waals surface area contributed by atoms with Gasteiger partial charge in [0.2, 0.25) is 0 Å². The van der Waals surface area contributed by atoms with Gasteiger partial charge in [0.25, 0.3) is 0 Å². The molecule has 0 amide bonds. The first-order valence-electron chi connectivity index (χ1n) is 4.39. The van der Waals surface area contributed by atoms with Gasteiger partial charge in [0, 0.05) is 26.2 Å². The molecule has 0 saturated carbocycles. The molecule has 1 heterocycles. The number of rotatable bonds is 4. The van der Waals surface area contributed by atoms with E-state index in [4.69, 9.17) is 4.74 Å². The van der Waals surface area contributed by atoms with E-state index in [1.807, 2.05) is 11.9 Å². The molecule has 1 rings (SSSR count). The second kappa shape index (κ2) is 5.45. The topological polar surface area (TPSA) is 24.5 Å². The van der Waals surface area contributed by atoms with Gasteiger partial charge in [-0.1, -0.05) is 0 Å². The average molecular weight is 176 g/mol. The van der Waals surface area contributed by atoms with Gasteiger partial charge in [-0.2, -0.15) is 0 Å². The van der Waals surface area contributed by atoms with Crippen LogP contribution in [-0.2, 0) is 4.74 Å². The third kappa shape index (κ3) is 3.47. The van der Waals surface area contributed by atoms with Gasteiger partial charge in [-0.3, -0.25) is 0 Å². The van der Waals surface area contributed by atoms with Crippen LogP contribution in [0.25, 0.3) is 0 Å². The number of ether oxygens (including phenoxy) is 1. The molecule has 0 aliphatic carbocycles. The molecule has 0 aromatic carbocycles. The Hall–Kier alpha value is -0.190. The quantitative estimate of drug-likeness (QED) is 0.646. The van der Waals surface area contributed by atoms with Crippen LogP contribution in [0.5, 0.6) is 0 Å². The normalized spacial score (nSPS) is 24.8. The number of hydrogen-bond donors (Lipinski definition) is 1. The highest BCUT2D eigenvalue weighted by atomic mass is 19.1. The molecule has 3 nitrogen and oxygen atoms in total. The van der Waals surface area contributed by atoms with E-state index in [1.165, 1.54) is 0 Å². The second-order valence-electron chi connectivity index (χ2n) is 3.15. The fraction of sp³-hybridized carbons (Fsp3) is 1.00. The van der Waals surface area contributed by atoms with Crippen LogP contribution in [0.4, 0.5) is 4.39 Å². The molecule has 12 heavy (non-hydrogen) atoms. The highest BCUT2D eigenvalue weighted by molar-refractivity contribution is 4.70. The second-order valence-corrected chi connectivity index (χ2v) is 3.15. The van der Waals surface area contributed by atoms with Crippen molar-refractivity contribution < 1.29 is 9.13 Å². The molecule has 0 aromatic rings. The van der Waals surface area contributed by atoms with Gasteiger partial charge >= 0.3 is 0 Å². The van der Waals surface area contributed by atoms with E-state index in [0.717, 1.165) is 26.2 Å². The molecule has 1 aliphatic rings. The van der Waals surface area contributed by atoms with Crippen LogP contribution in [0, 0.1) is 0 Å². The highest BCUT2D eigenvalue weighted by Gasteiger charge is 2.14. The van der Waals surface area contributed by atoms with Gasteiger partial charge in [0.05, 0.1) is 12.7 Å². The van der Waals surface area contributed by atoms with Crippen LogP contribution >= 0.6 is 0 Å². The van der Waals surface area contributed by atoms with Crippen LogP contribution in [0.3, 0.4) is 0 Å². The van der Waals surface area contributed by atoms with E-state index in [1.54, 1.807) is 0 Å². The number of hydrogen-bond acceptors (Lipinski definition) is 3. The minimum atomic E-state index is -0.281. The maximum absolute atomic E-state index is 11.9. The first-order valence-corrected chi connectivity index (χ1v) is 4.39. The molecule has 0 aromatic heterocycles. The van der Waals surface area contributed by atoms with Crippen molar-refractivity contribution in [1.82, 2.24) is 10.2 Å². The lowest BCUT2D eigenvalue weighted by atomic mass is 10.3. The number of nitrogens with zero attached hydrogens (tertiary/aromatic N) is 1.